The zero-order valence-corrected chi connectivity index (χ0v) is 38.0. The highest BCUT2D eigenvalue weighted by Gasteiger charge is 2.19. The van der Waals surface area contributed by atoms with Crippen LogP contribution in [-0.4, -0.2) is 37.2 Å². The Morgan fingerprint density at radius 2 is 0.672 bits per heavy atom. The normalized spacial score (nSPS) is 12.5. The van der Waals surface area contributed by atoms with Crippen molar-refractivity contribution in [3.8, 4) is 0 Å². The average molecular weight is 811 g/mol. The summed E-state index contributed by atoms with van der Waals surface area (Å²) >= 11 is 0. The van der Waals surface area contributed by atoms with E-state index in [1.165, 1.54) is 77.0 Å². The van der Waals surface area contributed by atoms with Crippen LogP contribution in [0.15, 0.2) is 60.8 Å². The van der Waals surface area contributed by atoms with Gasteiger partial charge in [-0.15, -0.1) is 0 Å². The Kier molecular flexibility index (Phi) is 44.5. The van der Waals surface area contributed by atoms with Gasteiger partial charge in [0.25, 0.3) is 0 Å². The quantitative estimate of drug-likeness (QED) is 0.0264. The number of allylic oxidation sites excluding steroid dienone is 10. The Hall–Kier alpha value is -2.89. The molecule has 0 heterocycles. The molecule has 0 saturated carbocycles. The van der Waals surface area contributed by atoms with E-state index in [4.69, 9.17) is 14.2 Å². The number of unbranched alkanes of at least 4 members (excludes halogenated alkanes) is 22. The molecule has 0 rings (SSSR count). The lowest BCUT2D eigenvalue weighted by Crippen LogP contribution is -2.30. The number of esters is 3. The summed E-state index contributed by atoms with van der Waals surface area (Å²) in [5.41, 5.74) is 0. The van der Waals surface area contributed by atoms with Crippen molar-refractivity contribution in [2.75, 3.05) is 13.2 Å². The molecule has 334 valence electrons. The van der Waals surface area contributed by atoms with Gasteiger partial charge < -0.3 is 14.2 Å². The van der Waals surface area contributed by atoms with Gasteiger partial charge in [0, 0.05) is 19.3 Å². The summed E-state index contributed by atoms with van der Waals surface area (Å²) < 4.78 is 16.7. The van der Waals surface area contributed by atoms with E-state index in [9.17, 15) is 14.4 Å². The fraction of sp³-hybridized carbons (Fsp3) is 0.750. The lowest BCUT2D eigenvalue weighted by molar-refractivity contribution is -0.167. The fourth-order valence-electron chi connectivity index (χ4n) is 6.60. The van der Waals surface area contributed by atoms with E-state index in [-0.39, 0.29) is 31.1 Å². The summed E-state index contributed by atoms with van der Waals surface area (Å²) in [6, 6.07) is 0. The molecule has 0 radical (unpaired) electrons. The van der Waals surface area contributed by atoms with Gasteiger partial charge in [-0.1, -0.05) is 191 Å². The first kappa shape index (κ1) is 55.1. The molecule has 0 spiro atoms. The van der Waals surface area contributed by atoms with Crippen molar-refractivity contribution in [1.82, 2.24) is 0 Å². The van der Waals surface area contributed by atoms with Crippen LogP contribution in [0.4, 0.5) is 0 Å². The van der Waals surface area contributed by atoms with Crippen molar-refractivity contribution >= 4 is 17.9 Å². The average Bonchev–Trinajstić information content (AvgIpc) is 3.22. The Balaban J connectivity index is 4.39. The lowest BCUT2D eigenvalue weighted by Gasteiger charge is -2.18. The minimum atomic E-state index is -0.785. The number of rotatable bonds is 43. The van der Waals surface area contributed by atoms with Crippen molar-refractivity contribution < 1.29 is 28.6 Å². The number of ether oxygens (including phenoxy) is 3. The molecule has 0 saturated heterocycles. The first-order valence-electron chi connectivity index (χ1n) is 24.3. The Bertz CT molecular complexity index is 1070. The van der Waals surface area contributed by atoms with E-state index in [0.717, 1.165) is 116 Å². The highest BCUT2D eigenvalue weighted by molar-refractivity contribution is 5.71. The minimum absolute atomic E-state index is 0.0850. The highest BCUT2D eigenvalue weighted by atomic mass is 16.6. The zero-order valence-electron chi connectivity index (χ0n) is 38.0. The van der Waals surface area contributed by atoms with E-state index >= 15 is 0 Å². The highest BCUT2D eigenvalue weighted by Crippen LogP contribution is 2.14. The molecule has 1 atom stereocenters. The summed E-state index contributed by atoms with van der Waals surface area (Å²) in [6.45, 7) is 6.46. The van der Waals surface area contributed by atoms with Crippen LogP contribution in [0.1, 0.15) is 233 Å². The summed E-state index contributed by atoms with van der Waals surface area (Å²) in [5, 5.41) is 0. The van der Waals surface area contributed by atoms with Crippen LogP contribution in [0.3, 0.4) is 0 Å². The molecule has 0 aromatic rings. The van der Waals surface area contributed by atoms with Gasteiger partial charge in [0.1, 0.15) is 13.2 Å². The zero-order chi connectivity index (χ0) is 42.3. The Morgan fingerprint density at radius 3 is 1.07 bits per heavy atom. The molecular formula is C52H90O6. The third-order valence-corrected chi connectivity index (χ3v) is 10.3. The molecule has 0 aliphatic carbocycles. The van der Waals surface area contributed by atoms with E-state index in [1.807, 2.05) is 0 Å². The minimum Gasteiger partial charge on any atom is -0.462 e. The van der Waals surface area contributed by atoms with Crippen LogP contribution >= 0.6 is 0 Å². The second-order valence-corrected chi connectivity index (χ2v) is 16.0. The largest absolute Gasteiger partial charge is 0.462 e. The van der Waals surface area contributed by atoms with Crippen LogP contribution < -0.4 is 0 Å². The van der Waals surface area contributed by atoms with Crippen LogP contribution in [-0.2, 0) is 28.6 Å². The smallest absolute Gasteiger partial charge is 0.306 e. The van der Waals surface area contributed by atoms with E-state index in [0.29, 0.717) is 19.3 Å². The maximum absolute atomic E-state index is 12.7. The molecule has 0 aromatic carbocycles. The van der Waals surface area contributed by atoms with Gasteiger partial charge in [-0.25, -0.2) is 0 Å². The predicted octanol–water partition coefficient (Wildman–Crippen LogP) is 15.7. The molecule has 0 aromatic heterocycles. The SMILES string of the molecule is CC/C=C\C/C=C\C/C=C\CCCCCCCC(=O)OC(COC(=O)CCCCCCC/C=C\C/C=C\CCCCCC)COC(=O)CCCCCCCCCCC. The van der Waals surface area contributed by atoms with Gasteiger partial charge in [-0.2, -0.15) is 0 Å². The monoisotopic (exact) mass is 811 g/mol. The van der Waals surface area contributed by atoms with Crippen LogP contribution in [0, 0.1) is 0 Å². The third kappa shape index (κ3) is 44.2. The van der Waals surface area contributed by atoms with Gasteiger partial charge in [0.15, 0.2) is 6.10 Å². The molecule has 0 fully saturated rings. The van der Waals surface area contributed by atoms with Crippen molar-refractivity contribution in [2.24, 2.45) is 0 Å². The van der Waals surface area contributed by atoms with E-state index in [1.54, 1.807) is 0 Å². The molecular weight excluding hydrogens is 721 g/mol. The van der Waals surface area contributed by atoms with E-state index < -0.39 is 6.10 Å². The van der Waals surface area contributed by atoms with Gasteiger partial charge in [0.05, 0.1) is 0 Å². The van der Waals surface area contributed by atoms with Crippen molar-refractivity contribution in [3.05, 3.63) is 60.8 Å². The number of hydrogen-bond acceptors (Lipinski definition) is 6. The van der Waals surface area contributed by atoms with Crippen molar-refractivity contribution in [3.63, 3.8) is 0 Å². The van der Waals surface area contributed by atoms with Crippen LogP contribution in [0.2, 0.25) is 0 Å². The van der Waals surface area contributed by atoms with E-state index in [2.05, 4.69) is 81.5 Å². The predicted molar refractivity (Wildman–Crippen MR) is 247 cm³/mol. The molecule has 0 amide bonds. The first-order chi connectivity index (χ1) is 28.5. The molecule has 0 bridgehead atoms. The molecule has 0 N–H and O–H groups in total. The lowest BCUT2D eigenvalue weighted by atomic mass is 10.1. The molecule has 6 heteroatoms. The maximum atomic E-state index is 12.7. The molecule has 0 aliphatic rings. The van der Waals surface area contributed by atoms with Crippen molar-refractivity contribution in [1.29, 1.82) is 0 Å². The summed E-state index contributed by atoms with van der Waals surface area (Å²) in [7, 11) is 0. The van der Waals surface area contributed by atoms with Crippen molar-refractivity contribution in [2.45, 2.75) is 239 Å². The molecule has 0 aliphatic heterocycles. The van der Waals surface area contributed by atoms with Crippen LogP contribution in [0.25, 0.3) is 0 Å². The van der Waals surface area contributed by atoms with Crippen LogP contribution in [0.5, 0.6) is 0 Å². The van der Waals surface area contributed by atoms with Gasteiger partial charge >= 0.3 is 17.9 Å². The van der Waals surface area contributed by atoms with Gasteiger partial charge in [0.2, 0.25) is 0 Å². The van der Waals surface area contributed by atoms with Gasteiger partial charge in [-0.3, -0.25) is 14.4 Å². The Labute approximate surface area is 358 Å². The first-order valence-corrected chi connectivity index (χ1v) is 24.3. The topological polar surface area (TPSA) is 78.9 Å². The second kappa shape index (κ2) is 46.8. The summed E-state index contributed by atoms with van der Waals surface area (Å²) in [6.07, 6.45) is 56.3. The fourth-order valence-corrected chi connectivity index (χ4v) is 6.60. The third-order valence-electron chi connectivity index (χ3n) is 10.3. The number of hydrogen-bond donors (Lipinski definition) is 0. The number of carbonyl (C=O) groups is 3. The van der Waals surface area contributed by atoms with Gasteiger partial charge in [-0.05, 0) is 83.5 Å². The molecule has 58 heavy (non-hydrogen) atoms. The second-order valence-electron chi connectivity index (χ2n) is 16.0. The summed E-state index contributed by atoms with van der Waals surface area (Å²) in [5.74, 6) is -0.919. The maximum Gasteiger partial charge on any atom is 0.306 e. The standard InChI is InChI=1S/C52H90O6/c1-4-7-10-13-16-19-21-23-25-27-28-30-33-36-39-42-45-51(54)57-48-49(47-56-50(53)44-41-38-35-32-18-15-12-9-6-3)58-52(55)46-43-40-37-34-31-29-26-24-22-20-17-14-11-8-5-2/h8,11,17,19-21,24-27,49H,4-7,9-10,12-16,18,22-23,28-48H2,1-3H3/b11-8-,20-17-,21-19-,26-24-,27-25-. The molecule has 1 unspecified atom stereocenters. The Morgan fingerprint density at radius 1 is 0.362 bits per heavy atom. The number of carbonyl (C=O) groups excluding carboxylic acids is 3. The summed E-state index contributed by atoms with van der Waals surface area (Å²) in [4.78, 5) is 37.8. The molecule has 6 nitrogen and oxygen atoms in total.